The number of urea groups is 1. The third-order valence-electron chi connectivity index (χ3n) is 5.85. The molecule has 1 aliphatic carbocycles. The largest absolute Gasteiger partial charge is 0.328 e. The van der Waals surface area contributed by atoms with Crippen LogP contribution in [0, 0.1) is 5.41 Å². The summed E-state index contributed by atoms with van der Waals surface area (Å²) in [5.41, 5.74) is 1.53. The highest BCUT2D eigenvalue weighted by Gasteiger charge is 2.45. The van der Waals surface area contributed by atoms with Crippen molar-refractivity contribution in [1.29, 1.82) is 0 Å². The summed E-state index contributed by atoms with van der Waals surface area (Å²) in [6.45, 7) is 12.6. The van der Waals surface area contributed by atoms with E-state index in [2.05, 4.69) is 11.4 Å². The lowest BCUT2D eigenvalue weighted by Gasteiger charge is -2.40. The van der Waals surface area contributed by atoms with Crippen molar-refractivity contribution in [2.24, 2.45) is 5.41 Å². The Morgan fingerprint density at radius 3 is 2.21 bits per heavy atom. The summed E-state index contributed by atoms with van der Waals surface area (Å²) in [6, 6.07) is 7.17. The van der Waals surface area contributed by atoms with Crippen LogP contribution in [0.15, 0.2) is 24.3 Å². The van der Waals surface area contributed by atoms with Gasteiger partial charge in [-0.3, -0.25) is 9.59 Å². The second kappa shape index (κ2) is 8.46. The Balaban J connectivity index is 0.00000136. The van der Waals surface area contributed by atoms with Gasteiger partial charge >= 0.3 is 6.03 Å². The molecule has 3 rings (SSSR count). The number of hydrogen-bond donors (Lipinski definition) is 1. The van der Waals surface area contributed by atoms with Gasteiger partial charge in [0.25, 0.3) is 0 Å². The number of piperidine rings is 1. The van der Waals surface area contributed by atoms with Crippen molar-refractivity contribution in [1.82, 2.24) is 10.2 Å². The number of rotatable bonds is 2. The van der Waals surface area contributed by atoms with Crippen LogP contribution in [0.25, 0.3) is 0 Å². The highest BCUT2D eigenvalue weighted by molar-refractivity contribution is 6.02. The molecule has 5 nitrogen and oxygen atoms in total. The number of carbonyl (C=O) groups is 3. The molecule has 0 bridgehead atoms. The molecule has 1 heterocycles. The van der Waals surface area contributed by atoms with Gasteiger partial charge in [-0.2, -0.15) is 0 Å². The summed E-state index contributed by atoms with van der Waals surface area (Å²) in [5, 5.41) is 2.90. The Hall–Kier alpha value is -2.17. The fraction of sp³-hybridized carbons (Fsp3) is 0.609. The van der Waals surface area contributed by atoms with Crippen LogP contribution in [0.1, 0.15) is 76.7 Å². The van der Waals surface area contributed by atoms with Crippen molar-refractivity contribution in [3.05, 3.63) is 35.4 Å². The third-order valence-corrected chi connectivity index (χ3v) is 5.85. The number of fused-ring (bicyclic) bond motifs is 2. The van der Waals surface area contributed by atoms with Crippen LogP contribution >= 0.6 is 0 Å². The molecule has 1 fully saturated rings. The second-order valence-electron chi connectivity index (χ2n) is 8.77. The number of nitrogens with one attached hydrogen (secondary N) is 1. The number of carbonyl (C=O) groups excluding carboxylic acids is 3. The van der Waals surface area contributed by atoms with E-state index in [4.69, 9.17) is 0 Å². The standard InChI is InChI=1S/C21H28N2O3.C2H6/c1-14(24)18(20(2,3)4)22-19(26)23-11-9-21(10-12-23)13-17(25)15-7-5-6-8-16(15)21;1-2/h5-8,18H,9-13H2,1-4H3,(H,22,26);1-2H3. The predicted molar refractivity (Wildman–Crippen MR) is 112 cm³/mol. The lowest BCUT2D eigenvalue weighted by molar-refractivity contribution is -0.121. The first-order valence-electron chi connectivity index (χ1n) is 10.3. The Morgan fingerprint density at radius 1 is 1.11 bits per heavy atom. The maximum Gasteiger partial charge on any atom is 0.317 e. The molecular weight excluding hydrogens is 352 g/mol. The molecular formula is C23H34N2O3. The zero-order chi connectivity index (χ0) is 21.1. The number of ketones is 2. The maximum absolute atomic E-state index is 12.7. The minimum absolute atomic E-state index is 0.0327. The maximum atomic E-state index is 12.7. The minimum atomic E-state index is -0.500. The molecule has 154 valence electrons. The highest BCUT2D eigenvalue weighted by atomic mass is 16.2. The molecule has 1 aromatic rings. The zero-order valence-electron chi connectivity index (χ0n) is 18.1. The second-order valence-corrected chi connectivity index (χ2v) is 8.77. The predicted octanol–water partition coefficient (Wildman–Crippen LogP) is 4.35. The van der Waals surface area contributed by atoms with E-state index in [0.29, 0.717) is 19.5 Å². The first-order chi connectivity index (χ1) is 13.1. The van der Waals surface area contributed by atoms with Crippen LogP contribution < -0.4 is 5.32 Å². The van der Waals surface area contributed by atoms with E-state index < -0.39 is 6.04 Å². The van der Waals surface area contributed by atoms with Gasteiger partial charge in [0.05, 0.1) is 6.04 Å². The Bertz CT molecular complexity index is 740. The molecule has 1 saturated heterocycles. The van der Waals surface area contributed by atoms with Crippen molar-refractivity contribution >= 4 is 17.6 Å². The Kier molecular flexibility index (Phi) is 6.68. The van der Waals surface area contributed by atoms with Crippen molar-refractivity contribution in [2.75, 3.05) is 13.1 Å². The molecule has 28 heavy (non-hydrogen) atoms. The minimum Gasteiger partial charge on any atom is -0.328 e. The van der Waals surface area contributed by atoms with Crippen LogP contribution in [-0.2, 0) is 10.2 Å². The molecule has 1 N–H and O–H groups in total. The monoisotopic (exact) mass is 386 g/mol. The third kappa shape index (κ3) is 4.29. The molecule has 1 unspecified atom stereocenters. The van der Waals surface area contributed by atoms with E-state index >= 15 is 0 Å². The van der Waals surface area contributed by atoms with Crippen molar-refractivity contribution in [3.63, 3.8) is 0 Å². The molecule has 1 aliphatic heterocycles. The average molecular weight is 387 g/mol. The van der Waals surface area contributed by atoms with Gasteiger partial charge in [0, 0.05) is 30.5 Å². The van der Waals surface area contributed by atoms with Crippen molar-refractivity contribution in [2.45, 2.75) is 72.3 Å². The highest BCUT2D eigenvalue weighted by Crippen LogP contribution is 2.46. The summed E-state index contributed by atoms with van der Waals surface area (Å²) in [4.78, 5) is 38.7. The molecule has 1 aromatic carbocycles. The van der Waals surface area contributed by atoms with E-state index in [1.54, 1.807) is 4.90 Å². The van der Waals surface area contributed by atoms with Gasteiger partial charge in [0.1, 0.15) is 0 Å². The van der Waals surface area contributed by atoms with E-state index in [-0.39, 0.29) is 28.4 Å². The summed E-state index contributed by atoms with van der Waals surface area (Å²) < 4.78 is 0. The fourth-order valence-electron chi connectivity index (χ4n) is 4.41. The van der Waals surface area contributed by atoms with E-state index in [9.17, 15) is 14.4 Å². The quantitative estimate of drug-likeness (QED) is 0.822. The lowest BCUT2D eigenvalue weighted by atomic mass is 9.74. The first-order valence-corrected chi connectivity index (χ1v) is 10.3. The molecule has 0 saturated carbocycles. The number of nitrogens with zero attached hydrogens (tertiary/aromatic N) is 1. The molecule has 0 aromatic heterocycles. The van der Waals surface area contributed by atoms with Gasteiger partial charge in [-0.05, 0) is 30.7 Å². The summed E-state index contributed by atoms with van der Waals surface area (Å²) in [5.74, 6) is 0.178. The van der Waals surface area contributed by atoms with Crippen LogP contribution in [0.2, 0.25) is 0 Å². The van der Waals surface area contributed by atoms with Crippen LogP contribution in [0.3, 0.4) is 0 Å². The molecule has 2 amide bonds. The SMILES string of the molecule is CC.CC(=O)C(NC(=O)N1CCC2(CC1)CC(=O)c1ccccc12)C(C)(C)C. The van der Waals surface area contributed by atoms with Gasteiger partial charge in [-0.25, -0.2) is 4.79 Å². The first kappa shape index (κ1) is 22.1. The molecule has 5 heteroatoms. The molecule has 0 radical (unpaired) electrons. The molecule has 1 atom stereocenters. The summed E-state index contributed by atoms with van der Waals surface area (Å²) >= 11 is 0. The smallest absolute Gasteiger partial charge is 0.317 e. The normalized spacial score (nSPS) is 18.8. The summed E-state index contributed by atoms with van der Waals surface area (Å²) in [6.07, 6.45) is 2.10. The van der Waals surface area contributed by atoms with Crippen LogP contribution in [0.5, 0.6) is 0 Å². The topological polar surface area (TPSA) is 66.5 Å². The number of likely N-dealkylation sites (tertiary alicyclic amines) is 1. The number of benzene rings is 1. The fourth-order valence-corrected chi connectivity index (χ4v) is 4.41. The van der Waals surface area contributed by atoms with Crippen molar-refractivity contribution in [3.8, 4) is 0 Å². The van der Waals surface area contributed by atoms with E-state index in [1.165, 1.54) is 6.92 Å². The number of hydrogen-bond acceptors (Lipinski definition) is 3. The zero-order valence-corrected chi connectivity index (χ0v) is 18.1. The van der Waals surface area contributed by atoms with Crippen LogP contribution in [0.4, 0.5) is 4.79 Å². The Morgan fingerprint density at radius 2 is 1.68 bits per heavy atom. The van der Waals surface area contributed by atoms with Crippen LogP contribution in [-0.4, -0.2) is 41.6 Å². The van der Waals surface area contributed by atoms with Gasteiger partial charge < -0.3 is 10.2 Å². The van der Waals surface area contributed by atoms with Gasteiger partial charge in [-0.1, -0.05) is 58.9 Å². The van der Waals surface area contributed by atoms with Gasteiger partial charge in [0.2, 0.25) is 0 Å². The number of Topliss-reactive ketones (excluding diaryl/α,β-unsaturated/α-hetero) is 2. The number of amides is 2. The lowest BCUT2D eigenvalue weighted by Crippen LogP contribution is -2.55. The van der Waals surface area contributed by atoms with E-state index in [1.807, 2.05) is 52.8 Å². The van der Waals surface area contributed by atoms with E-state index in [0.717, 1.165) is 24.0 Å². The van der Waals surface area contributed by atoms with Gasteiger partial charge in [0.15, 0.2) is 11.6 Å². The molecule has 1 spiro atoms. The molecule has 2 aliphatic rings. The van der Waals surface area contributed by atoms with Crippen molar-refractivity contribution < 1.29 is 14.4 Å². The summed E-state index contributed by atoms with van der Waals surface area (Å²) in [7, 11) is 0. The Labute approximate surface area is 168 Å². The average Bonchev–Trinajstić information content (AvgIpc) is 2.93. The van der Waals surface area contributed by atoms with Gasteiger partial charge in [-0.15, -0.1) is 0 Å².